The zero-order valence-electron chi connectivity index (χ0n) is 9.43. The van der Waals surface area contributed by atoms with E-state index in [0.717, 1.165) is 5.56 Å². The van der Waals surface area contributed by atoms with Crippen LogP contribution in [-0.2, 0) is 0 Å². The molecule has 3 nitrogen and oxygen atoms in total. The third kappa shape index (κ3) is 3.19. The summed E-state index contributed by atoms with van der Waals surface area (Å²) in [5.41, 5.74) is 6.78. The van der Waals surface area contributed by atoms with Gasteiger partial charge in [-0.25, -0.2) is 4.98 Å². The Morgan fingerprint density at radius 3 is 2.82 bits per heavy atom. The second kappa shape index (κ2) is 5.17. The van der Waals surface area contributed by atoms with Crippen molar-refractivity contribution < 1.29 is 4.74 Å². The van der Waals surface area contributed by atoms with Gasteiger partial charge in [0, 0.05) is 23.3 Å². The summed E-state index contributed by atoms with van der Waals surface area (Å²) in [6.07, 6.45) is 1.68. The predicted molar refractivity (Wildman–Crippen MR) is 68.4 cm³/mol. The van der Waals surface area contributed by atoms with Gasteiger partial charge in [-0.05, 0) is 36.8 Å². The van der Waals surface area contributed by atoms with Crippen LogP contribution >= 0.6 is 11.6 Å². The standard InChI is InChI=1S/C13H13ClN2O/c1-9(15)10-5-6-16-13(7-10)17-12-4-2-3-11(14)8-12/h2-9H,15H2,1H3/t9-/m0/s1. The first kappa shape index (κ1) is 11.9. The summed E-state index contributed by atoms with van der Waals surface area (Å²) in [6, 6.07) is 10.8. The maximum absolute atomic E-state index is 5.87. The molecular formula is C13H13ClN2O. The fourth-order valence-corrected chi connectivity index (χ4v) is 1.60. The second-order valence-electron chi connectivity index (χ2n) is 3.78. The van der Waals surface area contributed by atoms with Gasteiger partial charge >= 0.3 is 0 Å². The molecule has 0 aliphatic carbocycles. The first-order valence-electron chi connectivity index (χ1n) is 5.30. The van der Waals surface area contributed by atoms with Crippen LogP contribution in [0.1, 0.15) is 18.5 Å². The van der Waals surface area contributed by atoms with Gasteiger partial charge in [-0.3, -0.25) is 0 Å². The summed E-state index contributed by atoms with van der Waals surface area (Å²) in [6.45, 7) is 1.92. The molecule has 2 aromatic rings. The van der Waals surface area contributed by atoms with E-state index < -0.39 is 0 Å². The molecule has 17 heavy (non-hydrogen) atoms. The molecule has 2 N–H and O–H groups in total. The van der Waals surface area contributed by atoms with E-state index in [1.54, 1.807) is 18.3 Å². The lowest BCUT2D eigenvalue weighted by Crippen LogP contribution is -2.05. The van der Waals surface area contributed by atoms with Gasteiger partial charge in [0.1, 0.15) is 5.75 Å². The van der Waals surface area contributed by atoms with Crippen LogP contribution in [0.5, 0.6) is 11.6 Å². The second-order valence-corrected chi connectivity index (χ2v) is 4.21. The molecule has 0 saturated carbocycles. The van der Waals surface area contributed by atoms with Crippen LogP contribution in [0.15, 0.2) is 42.6 Å². The van der Waals surface area contributed by atoms with Gasteiger partial charge in [0.05, 0.1) is 0 Å². The summed E-state index contributed by atoms with van der Waals surface area (Å²) in [4.78, 5) is 4.13. The molecule has 1 aromatic heterocycles. The van der Waals surface area contributed by atoms with Crippen LogP contribution in [0.4, 0.5) is 0 Å². The Balaban J connectivity index is 2.21. The van der Waals surface area contributed by atoms with Gasteiger partial charge in [-0.1, -0.05) is 17.7 Å². The summed E-state index contributed by atoms with van der Waals surface area (Å²) in [5, 5.41) is 0.630. The highest BCUT2D eigenvalue weighted by Gasteiger charge is 2.03. The van der Waals surface area contributed by atoms with Crippen LogP contribution in [0.3, 0.4) is 0 Å². The number of ether oxygens (including phenoxy) is 1. The van der Waals surface area contributed by atoms with Crippen molar-refractivity contribution in [3.8, 4) is 11.6 Å². The molecule has 0 fully saturated rings. The molecule has 88 valence electrons. The third-order valence-corrected chi connectivity index (χ3v) is 2.54. The van der Waals surface area contributed by atoms with Crippen LogP contribution in [0.25, 0.3) is 0 Å². The molecule has 1 atom stereocenters. The quantitative estimate of drug-likeness (QED) is 0.904. The zero-order chi connectivity index (χ0) is 12.3. The number of benzene rings is 1. The number of pyridine rings is 1. The molecule has 0 radical (unpaired) electrons. The fourth-order valence-electron chi connectivity index (χ4n) is 1.42. The SMILES string of the molecule is C[C@H](N)c1ccnc(Oc2cccc(Cl)c2)c1. The maximum Gasteiger partial charge on any atom is 0.219 e. The van der Waals surface area contributed by atoms with Crippen LogP contribution in [0, 0.1) is 0 Å². The Bertz CT molecular complexity index is 514. The molecule has 0 bridgehead atoms. The van der Waals surface area contributed by atoms with Crippen LogP contribution in [0.2, 0.25) is 5.02 Å². The van der Waals surface area contributed by atoms with Crippen LogP contribution < -0.4 is 10.5 Å². The van der Waals surface area contributed by atoms with E-state index in [9.17, 15) is 0 Å². The molecule has 0 aliphatic heterocycles. The normalized spacial score (nSPS) is 12.2. The average Bonchev–Trinajstić information content (AvgIpc) is 2.29. The van der Waals surface area contributed by atoms with Gasteiger partial charge in [-0.2, -0.15) is 0 Å². The summed E-state index contributed by atoms with van der Waals surface area (Å²) in [7, 11) is 0. The van der Waals surface area contributed by atoms with E-state index >= 15 is 0 Å². The number of nitrogens with zero attached hydrogens (tertiary/aromatic N) is 1. The van der Waals surface area contributed by atoms with Crippen molar-refractivity contribution in [2.24, 2.45) is 5.73 Å². The minimum absolute atomic E-state index is 0.0419. The third-order valence-electron chi connectivity index (χ3n) is 2.30. The molecule has 0 unspecified atom stereocenters. The predicted octanol–water partition coefficient (Wildman–Crippen LogP) is 3.55. The first-order chi connectivity index (χ1) is 8.15. The highest BCUT2D eigenvalue weighted by Crippen LogP contribution is 2.24. The lowest BCUT2D eigenvalue weighted by Gasteiger charge is -2.08. The van der Waals surface area contributed by atoms with Crippen molar-refractivity contribution in [3.05, 3.63) is 53.2 Å². The lowest BCUT2D eigenvalue weighted by atomic mass is 10.1. The highest BCUT2D eigenvalue weighted by molar-refractivity contribution is 6.30. The van der Waals surface area contributed by atoms with Gasteiger partial charge < -0.3 is 10.5 Å². The molecular weight excluding hydrogens is 236 g/mol. The molecule has 1 aromatic carbocycles. The summed E-state index contributed by atoms with van der Waals surface area (Å²) < 4.78 is 5.60. The minimum Gasteiger partial charge on any atom is -0.439 e. The van der Waals surface area contributed by atoms with E-state index in [4.69, 9.17) is 22.1 Å². The van der Waals surface area contributed by atoms with Crippen molar-refractivity contribution >= 4 is 11.6 Å². The van der Waals surface area contributed by atoms with E-state index in [-0.39, 0.29) is 6.04 Å². The molecule has 0 saturated heterocycles. The number of aromatic nitrogens is 1. The van der Waals surface area contributed by atoms with Gasteiger partial charge in [-0.15, -0.1) is 0 Å². The maximum atomic E-state index is 5.87. The van der Waals surface area contributed by atoms with Crippen molar-refractivity contribution in [3.63, 3.8) is 0 Å². The van der Waals surface area contributed by atoms with Gasteiger partial charge in [0.2, 0.25) is 5.88 Å². The van der Waals surface area contributed by atoms with E-state index in [1.807, 2.05) is 31.2 Å². The zero-order valence-corrected chi connectivity index (χ0v) is 10.2. The molecule has 4 heteroatoms. The Morgan fingerprint density at radius 2 is 2.12 bits per heavy atom. The van der Waals surface area contributed by atoms with E-state index in [0.29, 0.717) is 16.7 Å². The lowest BCUT2D eigenvalue weighted by molar-refractivity contribution is 0.461. The number of nitrogens with two attached hydrogens (primary N) is 1. The number of hydrogen-bond donors (Lipinski definition) is 1. The smallest absolute Gasteiger partial charge is 0.219 e. The Kier molecular flexibility index (Phi) is 3.61. The van der Waals surface area contributed by atoms with Crippen molar-refractivity contribution in [2.75, 3.05) is 0 Å². The van der Waals surface area contributed by atoms with Gasteiger partial charge in [0.25, 0.3) is 0 Å². The molecule has 1 heterocycles. The summed E-state index contributed by atoms with van der Waals surface area (Å²) in [5.74, 6) is 1.17. The van der Waals surface area contributed by atoms with Crippen molar-refractivity contribution in [2.45, 2.75) is 13.0 Å². The Morgan fingerprint density at radius 1 is 1.29 bits per heavy atom. The molecule has 0 spiro atoms. The first-order valence-corrected chi connectivity index (χ1v) is 5.68. The largest absolute Gasteiger partial charge is 0.439 e. The molecule has 2 rings (SSSR count). The van der Waals surface area contributed by atoms with Crippen molar-refractivity contribution in [1.82, 2.24) is 4.98 Å². The monoisotopic (exact) mass is 248 g/mol. The number of rotatable bonds is 3. The number of halogens is 1. The highest BCUT2D eigenvalue weighted by atomic mass is 35.5. The minimum atomic E-state index is -0.0419. The van der Waals surface area contributed by atoms with E-state index in [2.05, 4.69) is 4.98 Å². The van der Waals surface area contributed by atoms with Crippen molar-refractivity contribution in [1.29, 1.82) is 0 Å². The Labute approximate surface area is 105 Å². The average molecular weight is 249 g/mol. The summed E-state index contributed by atoms with van der Waals surface area (Å²) >= 11 is 5.87. The van der Waals surface area contributed by atoms with Gasteiger partial charge in [0.15, 0.2) is 0 Å². The Hall–Kier alpha value is -1.58. The van der Waals surface area contributed by atoms with E-state index in [1.165, 1.54) is 0 Å². The number of hydrogen-bond acceptors (Lipinski definition) is 3. The fraction of sp³-hybridized carbons (Fsp3) is 0.154. The topological polar surface area (TPSA) is 48.1 Å². The molecule has 0 aliphatic rings. The molecule has 0 amide bonds. The van der Waals surface area contributed by atoms with Crippen LogP contribution in [-0.4, -0.2) is 4.98 Å².